The first-order valence-corrected chi connectivity index (χ1v) is 7.09. The van der Waals surface area contributed by atoms with Crippen LogP contribution < -0.4 is 15.4 Å². The van der Waals surface area contributed by atoms with Crippen LogP contribution in [0.15, 0.2) is 24.3 Å². The Morgan fingerprint density at radius 3 is 3.11 bits per heavy atom. The second-order valence-electron chi connectivity index (χ2n) is 5.35. The van der Waals surface area contributed by atoms with Gasteiger partial charge in [0.25, 0.3) is 0 Å². The van der Waals surface area contributed by atoms with Crippen molar-refractivity contribution < 1.29 is 4.74 Å². The number of benzene rings is 1. The van der Waals surface area contributed by atoms with Gasteiger partial charge >= 0.3 is 0 Å². The zero-order valence-corrected chi connectivity index (χ0v) is 10.8. The second kappa shape index (κ2) is 5.72. The average molecular weight is 246 g/mol. The summed E-state index contributed by atoms with van der Waals surface area (Å²) in [6.07, 6.45) is 3.75. The lowest BCUT2D eigenvalue weighted by atomic mass is 9.97. The van der Waals surface area contributed by atoms with Crippen LogP contribution in [0, 0.1) is 5.92 Å². The maximum Gasteiger partial charge on any atom is 0.124 e. The van der Waals surface area contributed by atoms with Crippen LogP contribution in [0.1, 0.15) is 30.9 Å². The number of para-hydroxylation sites is 1. The molecule has 2 N–H and O–H groups in total. The number of hydrogen-bond donors (Lipinski definition) is 2. The minimum absolute atomic E-state index is 0.469. The highest BCUT2D eigenvalue weighted by atomic mass is 16.5. The number of rotatable bonds is 3. The Kier molecular flexibility index (Phi) is 3.81. The van der Waals surface area contributed by atoms with E-state index in [9.17, 15) is 0 Å². The Labute approximate surface area is 109 Å². The molecule has 0 radical (unpaired) electrons. The minimum Gasteiger partial charge on any atom is -0.493 e. The highest BCUT2D eigenvalue weighted by molar-refractivity contribution is 5.37. The molecular weight excluding hydrogens is 224 g/mol. The molecule has 0 aliphatic carbocycles. The summed E-state index contributed by atoms with van der Waals surface area (Å²) in [5.74, 6) is 1.84. The fourth-order valence-electron chi connectivity index (χ4n) is 2.96. The van der Waals surface area contributed by atoms with Crippen molar-refractivity contribution in [3.8, 4) is 5.75 Å². The van der Waals surface area contributed by atoms with Gasteiger partial charge in [-0.3, -0.25) is 0 Å². The van der Waals surface area contributed by atoms with Crippen LogP contribution >= 0.6 is 0 Å². The molecule has 18 heavy (non-hydrogen) atoms. The predicted molar refractivity (Wildman–Crippen MR) is 72.9 cm³/mol. The molecule has 2 aliphatic rings. The molecule has 3 heteroatoms. The first-order valence-electron chi connectivity index (χ1n) is 7.09. The van der Waals surface area contributed by atoms with Crippen LogP contribution in [-0.4, -0.2) is 26.2 Å². The number of nitrogens with one attached hydrogen (secondary N) is 2. The lowest BCUT2D eigenvalue weighted by Crippen LogP contribution is -2.38. The lowest BCUT2D eigenvalue weighted by Gasteiger charge is -2.30. The van der Waals surface area contributed by atoms with Crippen molar-refractivity contribution in [3.63, 3.8) is 0 Å². The molecule has 2 unspecified atom stereocenters. The van der Waals surface area contributed by atoms with Gasteiger partial charge in [-0.15, -0.1) is 0 Å². The molecule has 2 atom stereocenters. The summed E-state index contributed by atoms with van der Waals surface area (Å²) in [4.78, 5) is 0. The molecule has 98 valence electrons. The fourth-order valence-corrected chi connectivity index (χ4v) is 2.96. The van der Waals surface area contributed by atoms with Crippen molar-refractivity contribution in [2.45, 2.75) is 25.3 Å². The standard InChI is InChI=1S/C15H22N2O/c1-2-6-15-13(5-1)14(7-9-18-15)17-11-12-4-3-8-16-10-12/h1-2,5-6,12,14,16-17H,3-4,7-11H2. The Bertz CT molecular complexity index is 388. The van der Waals surface area contributed by atoms with Crippen molar-refractivity contribution >= 4 is 0 Å². The van der Waals surface area contributed by atoms with Gasteiger partial charge in [-0.2, -0.15) is 0 Å². The molecule has 1 aromatic rings. The van der Waals surface area contributed by atoms with E-state index in [1.807, 2.05) is 6.07 Å². The van der Waals surface area contributed by atoms with E-state index in [1.54, 1.807) is 0 Å². The molecule has 3 rings (SSSR count). The van der Waals surface area contributed by atoms with Gasteiger partial charge in [0.1, 0.15) is 5.75 Å². The highest BCUT2D eigenvalue weighted by Gasteiger charge is 2.22. The van der Waals surface area contributed by atoms with Gasteiger partial charge in [0.2, 0.25) is 0 Å². The minimum atomic E-state index is 0.469. The summed E-state index contributed by atoms with van der Waals surface area (Å²) in [6.45, 7) is 4.30. The molecule has 0 amide bonds. The molecule has 2 aliphatic heterocycles. The monoisotopic (exact) mass is 246 g/mol. The van der Waals surface area contributed by atoms with Crippen molar-refractivity contribution in [2.75, 3.05) is 26.2 Å². The zero-order valence-electron chi connectivity index (χ0n) is 10.8. The Hall–Kier alpha value is -1.06. The van der Waals surface area contributed by atoms with E-state index < -0.39 is 0 Å². The van der Waals surface area contributed by atoms with E-state index in [-0.39, 0.29) is 0 Å². The van der Waals surface area contributed by atoms with E-state index in [0.29, 0.717) is 6.04 Å². The number of hydrogen-bond acceptors (Lipinski definition) is 3. The van der Waals surface area contributed by atoms with Crippen LogP contribution in [0.5, 0.6) is 5.75 Å². The summed E-state index contributed by atoms with van der Waals surface area (Å²) in [5.41, 5.74) is 1.33. The molecule has 1 fully saturated rings. The number of fused-ring (bicyclic) bond motifs is 1. The first-order chi connectivity index (χ1) is 8.93. The zero-order chi connectivity index (χ0) is 12.2. The van der Waals surface area contributed by atoms with Crippen LogP contribution in [0.2, 0.25) is 0 Å². The van der Waals surface area contributed by atoms with E-state index in [2.05, 4.69) is 28.8 Å². The summed E-state index contributed by atoms with van der Waals surface area (Å²) in [5, 5.41) is 7.20. The van der Waals surface area contributed by atoms with Crippen molar-refractivity contribution in [3.05, 3.63) is 29.8 Å². The van der Waals surface area contributed by atoms with Gasteiger partial charge < -0.3 is 15.4 Å². The van der Waals surface area contributed by atoms with Gasteiger partial charge in [0, 0.05) is 18.0 Å². The van der Waals surface area contributed by atoms with Crippen LogP contribution in [-0.2, 0) is 0 Å². The molecule has 2 heterocycles. The van der Waals surface area contributed by atoms with Crippen LogP contribution in [0.4, 0.5) is 0 Å². The van der Waals surface area contributed by atoms with E-state index >= 15 is 0 Å². The fraction of sp³-hybridized carbons (Fsp3) is 0.600. The van der Waals surface area contributed by atoms with Gasteiger partial charge in [-0.1, -0.05) is 18.2 Å². The molecule has 0 bridgehead atoms. The molecule has 1 saturated heterocycles. The molecule has 3 nitrogen and oxygen atoms in total. The maximum absolute atomic E-state index is 5.69. The van der Waals surface area contributed by atoms with Gasteiger partial charge in [-0.05, 0) is 44.5 Å². The smallest absolute Gasteiger partial charge is 0.124 e. The summed E-state index contributed by atoms with van der Waals surface area (Å²) >= 11 is 0. The third-order valence-corrected chi connectivity index (χ3v) is 4.01. The van der Waals surface area contributed by atoms with Gasteiger partial charge in [0.15, 0.2) is 0 Å². The van der Waals surface area contributed by atoms with E-state index in [0.717, 1.165) is 37.8 Å². The van der Waals surface area contributed by atoms with Crippen molar-refractivity contribution in [1.29, 1.82) is 0 Å². The van der Waals surface area contributed by atoms with Gasteiger partial charge in [-0.25, -0.2) is 0 Å². The summed E-state index contributed by atoms with van der Waals surface area (Å²) < 4.78 is 5.69. The van der Waals surface area contributed by atoms with Gasteiger partial charge in [0.05, 0.1) is 6.61 Å². The Morgan fingerprint density at radius 2 is 2.22 bits per heavy atom. The summed E-state index contributed by atoms with van der Waals surface area (Å²) in [7, 11) is 0. The Morgan fingerprint density at radius 1 is 1.28 bits per heavy atom. The molecule has 0 aromatic heterocycles. The maximum atomic E-state index is 5.69. The van der Waals surface area contributed by atoms with Crippen LogP contribution in [0.3, 0.4) is 0 Å². The molecule has 0 spiro atoms. The molecular formula is C15H22N2O. The summed E-state index contributed by atoms with van der Waals surface area (Å²) in [6, 6.07) is 8.88. The Balaban J connectivity index is 1.60. The topological polar surface area (TPSA) is 33.3 Å². The number of ether oxygens (including phenoxy) is 1. The number of piperidine rings is 1. The van der Waals surface area contributed by atoms with Crippen molar-refractivity contribution in [2.24, 2.45) is 5.92 Å². The highest BCUT2D eigenvalue weighted by Crippen LogP contribution is 2.31. The molecule has 0 saturated carbocycles. The largest absolute Gasteiger partial charge is 0.493 e. The molecule has 1 aromatic carbocycles. The van der Waals surface area contributed by atoms with Crippen LogP contribution in [0.25, 0.3) is 0 Å². The average Bonchev–Trinajstić information content (AvgIpc) is 2.46. The predicted octanol–water partition coefficient (Wildman–Crippen LogP) is 2.10. The second-order valence-corrected chi connectivity index (χ2v) is 5.35. The van der Waals surface area contributed by atoms with E-state index in [4.69, 9.17) is 4.74 Å². The lowest BCUT2D eigenvalue weighted by molar-refractivity contribution is 0.243. The first kappa shape index (κ1) is 12.0. The van der Waals surface area contributed by atoms with E-state index in [1.165, 1.54) is 24.9 Å². The third kappa shape index (κ3) is 2.68. The SMILES string of the molecule is c1ccc2c(c1)OCCC2NCC1CCCNC1. The third-order valence-electron chi connectivity index (χ3n) is 4.01. The van der Waals surface area contributed by atoms with Crippen molar-refractivity contribution in [1.82, 2.24) is 10.6 Å². The quantitative estimate of drug-likeness (QED) is 0.857. The normalized spacial score (nSPS) is 27.3.